The molecule has 0 saturated carbocycles. The normalized spacial score (nSPS) is 21.5. The summed E-state index contributed by atoms with van der Waals surface area (Å²) in [5.74, 6) is 0.847. The molecule has 0 aliphatic carbocycles. The maximum absolute atomic E-state index is 5.58. The van der Waals surface area contributed by atoms with Crippen molar-refractivity contribution in [1.29, 1.82) is 0 Å². The van der Waals surface area contributed by atoms with E-state index in [4.69, 9.17) is 9.73 Å². The highest BCUT2D eigenvalue weighted by Crippen LogP contribution is 2.25. The monoisotopic (exact) mass is 260 g/mol. The van der Waals surface area contributed by atoms with Crippen LogP contribution in [0.25, 0.3) is 0 Å². The second-order valence-electron chi connectivity index (χ2n) is 5.39. The van der Waals surface area contributed by atoms with E-state index in [0.717, 1.165) is 24.6 Å². The fraction of sp³-hybridized carbons (Fsp3) is 0.562. The summed E-state index contributed by atoms with van der Waals surface area (Å²) in [7, 11) is 3.89. The first-order valence-corrected chi connectivity index (χ1v) is 7.02. The van der Waals surface area contributed by atoms with Crippen molar-refractivity contribution < 1.29 is 4.74 Å². The summed E-state index contributed by atoms with van der Waals surface area (Å²) in [6.45, 7) is 5.33. The van der Waals surface area contributed by atoms with E-state index >= 15 is 0 Å². The van der Waals surface area contributed by atoms with Gasteiger partial charge in [0.1, 0.15) is 0 Å². The number of aryl methyl sites for hydroxylation is 2. The van der Waals surface area contributed by atoms with E-state index in [-0.39, 0.29) is 0 Å². The number of para-hydroxylation sites is 1. The van der Waals surface area contributed by atoms with Gasteiger partial charge in [-0.2, -0.15) is 0 Å². The molecule has 0 N–H and O–H groups in total. The third-order valence-corrected chi connectivity index (χ3v) is 3.93. The summed E-state index contributed by atoms with van der Waals surface area (Å²) in [6, 6.07) is 6.59. The van der Waals surface area contributed by atoms with Crippen LogP contribution in [-0.4, -0.2) is 37.5 Å². The molecule has 1 aliphatic rings. The van der Waals surface area contributed by atoms with E-state index < -0.39 is 0 Å². The second kappa shape index (κ2) is 6.20. The molecule has 0 spiro atoms. The summed E-state index contributed by atoms with van der Waals surface area (Å²) in [6.07, 6.45) is 3.66. The Bertz CT molecular complexity index is 448. The Morgan fingerprint density at radius 1 is 1.26 bits per heavy atom. The van der Waals surface area contributed by atoms with Gasteiger partial charge in [-0.05, 0) is 51.4 Å². The Morgan fingerprint density at radius 2 is 1.95 bits per heavy atom. The van der Waals surface area contributed by atoms with E-state index in [2.05, 4.69) is 44.0 Å². The fourth-order valence-corrected chi connectivity index (χ4v) is 2.74. The number of benzene rings is 1. The van der Waals surface area contributed by atoms with E-state index in [0.29, 0.717) is 6.04 Å². The first kappa shape index (κ1) is 14.1. The number of likely N-dealkylation sites (tertiary alicyclic amines) is 1. The van der Waals surface area contributed by atoms with Gasteiger partial charge < -0.3 is 4.74 Å². The third kappa shape index (κ3) is 3.16. The average molecular weight is 260 g/mol. The maximum Gasteiger partial charge on any atom is 0.206 e. The molecular formula is C16H24N2O. The minimum atomic E-state index is 0.317. The quantitative estimate of drug-likeness (QED) is 0.601. The zero-order valence-corrected chi connectivity index (χ0v) is 12.4. The van der Waals surface area contributed by atoms with Crippen molar-refractivity contribution in [3.8, 4) is 0 Å². The van der Waals surface area contributed by atoms with E-state index in [9.17, 15) is 0 Å². The maximum atomic E-state index is 5.58. The van der Waals surface area contributed by atoms with Crippen molar-refractivity contribution in [1.82, 2.24) is 4.90 Å². The van der Waals surface area contributed by atoms with Crippen molar-refractivity contribution in [2.24, 2.45) is 4.99 Å². The molecule has 1 heterocycles. The number of rotatable bonds is 2. The molecule has 0 radical (unpaired) electrons. The van der Waals surface area contributed by atoms with Gasteiger partial charge in [0, 0.05) is 0 Å². The summed E-state index contributed by atoms with van der Waals surface area (Å²) < 4.78 is 5.58. The number of aliphatic imine (C=N–C) groups is 1. The van der Waals surface area contributed by atoms with Crippen molar-refractivity contribution in [2.75, 3.05) is 20.7 Å². The summed E-state index contributed by atoms with van der Waals surface area (Å²) in [4.78, 5) is 7.15. The summed E-state index contributed by atoms with van der Waals surface area (Å²) in [5.41, 5.74) is 3.46. The van der Waals surface area contributed by atoms with Crippen LogP contribution < -0.4 is 0 Å². The second-order valence-corrected chi connectivity index (χ2v) is 5.39. The van der Waals surface area contributed by atoms with Crippen LogP contribution in [-0.2, 0) is 4.74 Å². The lowest BCUT2D eigenvalue weighted by Crippen LogP contribution is -2.42. The molecule has 0 aromatic heterocycles. The van der Waals surface area contributed by atoms with Gasteiger partial charge in [-0.3, -0.25) is 4.90 Å². The molecule has 0 amide bonds. The molecule has 3 heteroatoms. The van der Waals surface area contributed by atoms with Gasteiger partial charge in [-0.1, -0.05) is 24.6 Å². The highest BCUT2D eigenvalue weighted by molar-refractivity contribution is 5.85. The lowest BCUT2D eigenvalue weighted by Gasteiger charge is -2.32. The van der Waals surface area contributed by atoms with Crippen molar-refractivity contribution >= 4 is 11.6 Å². The van der Waals surface area contributed by atoms with Crippen LogP contribution in [0, 0.1) is 13.8 Å². The number of hydrogen-bond acceptors (Lipinski definition) is 3. The van der Waals surface area contributed by atoms with Crippen LogP contribution in [0.15, 0.2) is 23.2 Å². The van der Waals surface area contributed by atoms with Gasteiger partial charge in [-0.25, -0.2) is 4.99 Å². The topological polar surface area (TPSA) is 24.8 Å². The summed E-state index contributed by atoms with van der Waals surface area (Å²) >= 11 is 0. The van der Waals surface area contributed by atoms with Gasteiger partial charge in [-0.15, -0.1) is 0 Å². The fourth-order valence-electron chi connectivity index (χ4n) is 2.74. The minimum Gasteiger partial charge on any atom is -0.483 e. The zero-order chi connectivity index (χ0) is 13.8. The van der Waals surface area contributed by atoms with Crippen LogP contribution in [0.3, 0.4) is 0 Å². The Hall–Kier alpha value is -1.35. The van der Waals surface area contributed by atoms with Crippen LogP contribution in [0.5, 0.6) is 0 Å². The molecule has 1 atom stereocenters. The molecule has 1 aliphatic heterocycles. The van der Waals surface area contributed by atoms with Crippen molar-refractivity contribution in [3.05, 3.63) is 29.3 Å². The number of methoxy groups -OCH3 is 1. The van der Waals surface area contributed by atoms with Gasteiger partial charge in [0.15, 0.2) is 0 Å². The Morgan fingerprint density at radius 3 is 2.53 bits per heavy atom. The summed E-state index contributed by atoms with van der Waals surface area (Å²) in [5, 5.41) is 0. The molecule has 0 bridgehead atoms. The largest absolute Gasteiger partial charge is 0.483 e. The van der Waals surface area contributed by atoms with Gasteiger partial charge in [0.05, 0.1) is 18.8 Å². The predicted octanol–water partition coefficient (Wildman–Crippen LogP) is 3.46. The molecule has 104 valence electrons. The van der Waals surface area contributed by atoms with Gasteiger partial charge in [0.2, 0.25) is 5.90 Å². The number of hydrogen-bond donors (Lipinski definition) is 0. The molecule has 2 rings (SSSR count). The zero-order valence-electron chi connectivity index (χ0n) is 12.4. The first-order chi connectivity index (χ1) is 9.13. The van der Waals surface area contributed by atoms with E-state index in [1.807, 2.05) is 0 Å². The highest BCUT2D eigenvalue weighted by atomic mass is 16.5. The highest BCUT2D eigenvalue weighted by Gasteiger charge is 2.25. The van der Waals surface area contributed by atoms with Crippen molar-refractivity contribution in [2.45, 2.75) is 39.2 Å². The molecule has 3 nitrogen and oxygen atoms in total. The van der Waals surface area contributed by atoms with Crippen LogP contribution in [0.4, 0.5) is 5.69 Å². The lowest BCUT2D eigenvalue weighted by molar-refractivity contribution is 0.206. The number of piperidine rings is 1. The molecular weight excluding hydrogens is 236 g/mol. The molecule has 19 heavy (non-hydrogen) atoms. The SMILES string of the molecule is COC(=Nc1c(C)cccc1C)C1CCCCN1C. The molecule has 1 unspecified atom stereocenters. The van der Waals surface area contributed by atoms with Crippen molar-refractivity contribution in [3.63, 3.8) is 0 Å². The Labute approximate surface area is 116 Å². The van der Waals surface area contributed by atoms with Crippen LogP contribution >= 0.6 is 0 Å². The Kier molecular flexibility index (Phi) is 4.59. The minimum absolute atomic E-state index is 0.317. The van der Waals surface area contributed by atoms with E-state index in [1.54, 1.807) is 7.11 Å². The molecule has 1 aromatic carbocycles. The smallest absolute Gasteiger partial charge is 0.206 e. The molecule has 1 aromatic rings. The average Bonchev–Trinajstić information content (AvgIpc) is 2.40. The van der Waals surface area contributed by atoms with Gasteiger partial charge in [0.25, 0.3) is 0 Å². The predicted molar refractivity (Wildman–Crippen MR) is 80.3 cm³/mol. The third-order valence-electron chi connectivity index (χ3n) is 3.93. The number of likely N-dealkylation sites (N-methyl/N-ethyl adjacent to an activating group) is 1. The van der Waals surface area contributed by atoms with E-state index in [1.165, 1.54) is 24.0 Å². The van der Waals surface area contributed by atoms with Gasteiger partial charge >= 0.3 is 0 Å². The van der Waals surface area contributed by atoms with Crippen LogP contribution in [0.1, 0.15) is 30.4 Å². The molecule has 1 saturated heterocycles. The number of ether oxygens (including phenoxy) is 1. The van der Waals surface area contributed by atoms with Crippen LogP contribution in [0.2, 0.25) is 0 Å². The number of nitrogens with zero attached hydrogens (tertiary/aromatic N) is 2. The Balaban J connectivity index is 2.32. The first-order valence-electron chi connectivity index (χ1n) is 7.02. The lowest BCUT2D eigenvalue weighted by atomic mass is 10.0. The standard InChI is InChI=1S/C16H24N2O/c1-12-8-7-9-13(2)15(12)17-16(19-4)14-10-5-6-11-18(14)3/h7-9,14H,5-6,10-11H2,1-4H3. The molecule has 1 fully saturated rings.